The first-order valence-electron chi connectivity index (χ1n) is 4.19. The van der Waals surface area contributed by atoms with E-state index in [0.29, 0.717) is 6.07 Å². The van der Waals surface area contributed by atoms with E-state index in [4.69, 9.17) is 5.11 Å². The molecule has 0 aliphatic rings. The fraction of sp³-hybridized carbons (Fsp3) is 0.200. The quantitative estimate of drug-likeness (QED) is 0.797. The van der Waals surface area contributed by atoms with Gasteiger partial charge in [0.05, 0.1) is 11.1 Å². The summed E-state index contributed by atoms with van der Waals surface area (Å²) in [5.74, 6) is -2.20. The van der Waals surface area contributed by atoms with Gasteiger partial charge in [-0.15, -0.1) is 0 Å². The number of halogens is 3. The first-order valence-corrected chi connectivity index (χ1v) is 4.19. The fourth-order valence-corrected chi connectivity index (χ4v) is 1.22. The number of ketones is 1. The number of rotatable bonds is 2. The summed E-state index contributed by atoms with van der Waals surface area (Å²) in [5.41, 5.74) is -2.10. The summed E-state index contributed by atoms with van der Waals surface area (Å²) < 4.78 is 37.3. The van der Waals surface area contributed by atoms with Crippen molar-refractivity contribution in [2.45, 2.75) is 13.1 Å². The zero-order chi connectivity index (χ0) is 12.5. The minimum Gasteiger partial charge on any atom is -0.478 e. The molecule has 1 rings (SSSR count). The lowest BCUT2D eigenvalue weighted by atomic mass is 10.0. The largest absolute Gasteiger partial charge is 0.478 e. The van der Waals surface area contributed by atoms with Crippen LogP contribution in [0.1, 0.15) is 33.2 Å². The highest BCUT2D eigenvalue weighted by Gasteiger charge is 2.34. The van der Waals surface area contributed by atoms with Crippen LogP contribution < -0.4 is 0 Å². The fourth-order valence-electron chi connectivity index (χ4n) is 1.22. The second-order valence-electron chi connectivity index (χ2n) is 3.12. The Balaban J connectivity index is 3.43. The molecule has 1 aromatic carbocycles. The van der Waals surface area contributed by atoms with Crippen molar-refractivity contribution in [1.82, 2.24) is 0 Å². The molecule has 0 spiro atoms. The van der Waals surface area contributed by atoms with Gasteiger partial charge in [0.2, 0.25) is 0 Å². The summed E-state index contributed by atoms with van der Waals surface area (Å²) in [6.45, 7) is 0.955. The highest BCUT2D eigenvalue weighted by atomic mass is 19.4. The van der Waals surface area contributed by atoms with Gasteiger partial charge in [-0.25, -0.2) is 4.79 Å². The molecule has 0 atom stereocenters. The summed E-state index contributed by atoms with van der Waals surface area (Å²) in [7, 11) is 0. The van der Waals surface area contributed by atoms with Gasteiger partial charge in [-0.2, -0.15) is 13.2 Å². The van der Waals surface area contributed by atoms with E-state index >= 15 is 0 Å². The topological polar surface area (TPSA) is 54.4 Å². The summed E-state index contributed by atoms with van der Waals surface area (Å²) in [6, 6.07) is 2.14. The molecule has 0 unspecified atom stereocenters. The van der Waals surface area contributed by atoms with Gasteiger partial charge in [0.25, 0.3) is 0 Å². The molecule has 0 radical (unpaired) electrons. The molecule has 0 aliphatic heterocycles. The van der Waals surface area contributed by atoms with Crippen molar-refractivity contribution in [2.75, 3.05) is 0 Å². The number of carboxylic acids is 1. The molecule has 0 amide bonds. The van der Waals surface area contributed by atoms with Gasteiger partial charge in [0.1, 0.15) is 0 Å². The van der Waals surface area contributed by atoms with Crippen molar-refractivity contribution in [1.29, 1.82) is 0 Å². The van der Waals surface area contributed by atoms with Crippen LogP contribution >= 0.6 is 0 Å². The minimum absolute atomic E-state index is 0.349. The van der Waals surface area contributed by atoms with E-state index in [1.165, 1.54) is 0 Å². The van der Waals surface area contributed by atoms with E-state index in [9.17, 15) is 22.8 Å². The number of benzene rings is 1. The number of aromatic carboxylic acids is 1. The highest BCUT2D eigenvalue weighted by Crippen LogP contribution is 2.32. The summed E-state index contributed by atoms with van der Waals surface area (Å²) >= 11 is 0. The summed E-state index contributed by atoms with van der Waals surface area (Å²) in [4.78, 5) is 21.5. The van der Waals surface area contributed by atoms with Crippen LogP contribution in [-0.4, -0.2) is 16.9 Å². The van der Waals surface area contributed by atoms with Crippen molar-refractivity contribution < 1.29 is 27.9 Å². The molecule has 16 heavy (non-hydrogen) atoms. The molecular weight excluding hydrogens is 225 g/mol. The number of alkyl halides is 3. The molecule has 1 N–H and O–H groups in total. The molecule has 3 nitrogen and oxygen atoms in total. The van der Waals surface area contributed by atoms with E-state index < -0.39 is 29.1 Å². The second-order valence-corrected chi connectivity index (χ2v) is 3.12. The van der Waals surface area contributed by atoms with Crippen molar-refractivity contribution in [3.63, 3.8) is 0 Å². The molecule has 0 bridgehead atoms. The average molecular weight is 232 g/mol. The van der Waals surface area contributed by atoms with Crippen molar-refractivity contribution in [3.05, 3.63) is 34.9 Å². The summed E-state index contributed by atoms with van der Waals surface area (Å²) in [5, 5.41) is 8.59. The predicted octanol–water partition coefficient (Wildman–Crippen LogP) is 2.61. The van der Waals surface area contributed by atoms with Crippen molar-refractivity contribution in [2.24, 2.45) is 0 Å². The Labute approximate surface area is 88.5 Å². The Bertz CT molecular complexity index is 449. The van der Waals surface area contributed by atoms with Crippen LogP contribution in [0.3, 0.4) is 0 Å². The van der Waals surface area contributed by atoms with Crippen LogP contribution in [0.5, 0.6) is 0 Å². The lowest BCUT2D eigenvalue weighted by Crippen LogP contribution is -2.13. The van der Waals surface area contributed by atoms with Crippen LogP contribution in [0.4, 0.5) is 13.2 Å². The molecule has 0 aliphatic carbocycles. The lowest BCUT2D eigenvalue weighted by Gasteiger charge is -2.11. The first kappa shape index (κ1) is 12.2. The van der Waals surface area contributed by atoms with Gasteiger partial charge in [-0.1, -0.05) is 0 Å². The van der Waals surface area contributed by atoms with Gasteiger partial charge in [-0.05, 0) is 25.1 Å². The second kappa shape index (κ2) is 3.96. The molecule has 6 heteroatoms. The molecule has 0 heterocycles. The van der Waals surface area contributed by atoms with E-state index in [2.05, 4.69) is 0 Å². The molecule has 0 saturated heterocycles. The Hall–Kier alpha value is -1.85. The van der Waals surface area contributed by atoms with Crippen molar-refractivity contribution >= 4 is 11.8 Å². The van der Waals surface area contributed by atoms with Crippen LogP contribution in [0.25, 0.3) is 0 Å². The van der Waals surface area contributed by atoms with E-state index in [1.807, 2.05) is 0 Å². The van der Waals surface area contributed by atoms with E-state index in [-0.39, 0.29) is 5.56 Å². The predicted molar refractivity (Wildman–Crippen MR) is 48.4 cm³/mol. The van der Waals surface area contributed by atoms with Crippen LogP contribution in [0.2, 0.25) is 0 Å². The number of Topliss-reactive ketones (excluding diaryl/α,β-unsaturated/α-hetero) is 1. The Morgan fingerprint density at radius 2 is 1.81 bits per heavy atom. The maximum Gasteiger partial charge on any atom is 0.417 e. The molecule has 86 valence electrons. The zero-order valence-electron chi connectivity index (χ0n) is 8.13. The van der Waals surface area contributed by atoms with Crippen molar-refractivity contribution in [3.8, 4) is 0 Å². The van der Waals surface area contributed by atoms with E-state index in [0.717, 1.165) is 19.1 Å². The number of hydrogen-bond donors (Lipinski definition) is 1. The van der Waals surface area contributed by atoms with Gasteiger partial charge in [0.15, 0.2) is 5.78 Å². The third-order valence-corrected chi connectivity index (χ3v) is 1.95. The number of carboxylic acid groups (broad SMARTS) is 1. The Kier molecular flexibility index (Phi) is 3.02. The first-order chi connectivity index (χ1) is 7.23. The maximum atomic E-state index is 12.4. The van der Waals surface area contributed by atoms with Gasteiger partial charge in [0, 0.05) is 5.56 Å². The average Bonchev–Trinajstić information content (AvgIpc) is 2.15. The third-order valence-electron chi connectivity index (χ3n) is 1.95. The Morgan fingerprint density at radius 1 is 1.25 bits per heavy atom. The Morgan fingerprint density at radius 3 is 2.19 bits per heavy atom. The maximum absolute atomic E-state index is 12.4. The number of carbonyl (C=O) groups is 2. The number of carbonyl (C=O) groups excluding carboxylic acids is 1. The smallest absolute Gasteiger partial charge is 0.417 e. The highest BCUT2D eigenvalue weighted by molar-refractivity contribution is 5.98. The number of hydrogen-bond acceptors (Lipinski definition) is 2. The standard InChI is InChI=1S/C10H7F3O3/c1-5(14)7-4-6(9(15)16)2-3-8(7)10(11,12)13/h2-4H,1H3,(H,15,16). The van der Waals surface area contributed by atoms with Crippen LogP contribution in [0.15, 0.2) is 18.2 Å². The third kappa shape index (κ3) is 2.39. The van der Waals surface area contributed by atoms with E-state index in [1.54, 1.807) is 0 Å². The minimum atomic E-state index is -4.67. The molecule has 0 aromatic heterocycles. The van der Waals surface area contributed by atoms with Gasteiger partial charge >= 0.3 is 12.1 Å². The SMILES string of the molecule is CC(=O)c1cc(C(=O)O)ccc1C(F)(F)F. The van der Waals surface area contributed by atoms with Crippen LogP contribution in [-0.2, 0) is 6.18 Å². The van der Waals surface area contributed by atoms with Crippen LogP contribution in [0, 0.1) is 0 Å². The molecule has 1 aromatic rings. The van der Waals surface area contributed by atoms with Gasteiger partial charge < -0.3 is 5.11 Å². The zero-order valence-corrected chi connectivity index (χ0v) is 8.13. The normalized spacial score (nSPS) is 11.2. The molecular formula is C10H7F3O3. The summed E-state index contributed by atoms with van der Waals surface area (Å²) in [6.07, 6.45) is -4.67. The molecule has 0 saturated carbocycles. The molecule has 0 fully saturated rings. The van der Waals surface area contributed by atoms with Gasteiger partial charge in [-0.3, -0.25) is 4.79 Å². The monoisotopic (exact) mass is 232 g/mol. The lowest BCUT2D eigenvalue weighted by molar-refractivity contribution is -0.137.